The van der Waals surface area contributed by atoms with Crippen molar-refractivity contribution in [1.82, 2.24) is 16.1 Å². The van der Waals surface area contributed by atoms with E-state index >= 15 is 0 Å². The Balaban J connectivity index is 1.67. The number of hydrogen-bond donors (Lipinski definition) is 3. The van der Waals surface area contributed by atoms with Gasteiger partial charge in [0.25, 0.3) is 0 Å². The van der Waals surface area contributed by atoms with Gasteiger partial charge in [0, 0.05) is 5.92 Å². The number of hydrogen-bond acceptors (Lipinski definition) is 6. The van der Waals surface area contributed by atoms with E-state index in [-0.39, 0.29) is 12.5 Å². The monoisotopic (exact) mass is 342 g/mol. The molecule has 0 heterocycles. The fraction of sp³-hybridized carbons (Fsp3) is 0.176. The molecule has 8 heteroatoms. The molecule has 0 radical (unpaired) electrons. The quantitative estimate of drug-likeness (QED) is 0.445. The molecule has 0 saturated carbocycles. The number of nitrogens with zero attached hydrogens (tertiary/aromatic N) is 1. The second-order valence-corrected chi connectivity index (χ2v) is 5.40. The Hall–Kier alpha value is -3.10. The van der Waals surface area contributed by atoms with Crippen LogP contribution in [0.4, 0.5) is 9.59 Å². The number of carbonyl (C=O) groups excluding carboxylic acids is 2. The molecule has 1 aliphatic carbocycles. The summed E-state index contributed by atoms with van der Waals surface area (Å²) < 4.78 is 9.63. The van der Waals surface area contributed by atoms with Crippen LogP contribution in [0.15, 0.2) is 48.5 Å². The molecule has 2 aromatic rings. The molecule has 4 N–H and O–H groups in total. The smallest absolute Gasteiger partial charge is 0.440 e. The molecule has 2 aromatic carbocycles. The van der Waals surface area contributed by atoms with Crippen LogP contribution in [0.3, 0.4) is 0 Å². The van der Waals surface area contributed by atoms with E-state index in [4.69, 9.17) is 10.6 Å². The Morgan fingerprint density at radius 1 is 1.08 bits per heavy atom. The summed E-state index contributed by atoms with van der Waals surface area (Å²) in [5, 5.41) is 0.531. The van der Waals surface area contributed by atoms with E-state index in [1.54, 1.807) is 0 Å². The van der Waals surface area contributed by atoms with Crippen molar-refractivity contribution in [2.24, 2.45) is 5.84 Å². The molecule has 0 saturated heterocycles. The van der Waals surface area contributed by atoms with E-state index in [1.807, 2.05) is 48.5 Å². The van der Waals surface area contributed by atoms with E-state index in [0.717, 1.165) is 22.3 Å². The van der Waals surface area contributed by atoms with Gasteiger partial charge >= 0.3 is 12.2 Å². The molecule has 0 spiro atoms. The van der Waals surface area contributed by atoms with Crippen LogP contribution in [0.2, 0.25) is 0 Å². The zero-order valence-electron chi connectivity index (χ0n) is 13.6. The molecule has 3 rings (SSSR count). The Morgan fingerprint density at radius 2 is 1.64 bits per heavy atom. The molecule has 0 fully saturated rings. The second-order valence-electron chi connectivity index (χ2n) is 5.40. The summed E-state index contributed by atoms with van der Waals surface area (Å²) in [5.74, 6) is 5.40. The number of rotatable bonds is 4. The number of fused-ring (bicyclic) bond motifs is 3. The van der Waals surface area contributed by atoms with Crippen molar-refractivity contribution in [2.45, 2.75) is 5.92 Å². The van der Waals surface area contributed by atoms with Crippen molar-refractivity contribution in [3.63, 3.8) is 0 Å². The first-order valence-electron chi connectivity index (χ1n) is 7.61. The number of nitrogens with two attached hydrogens (primary N) is 1. The average molecular weight is 342 g/mol. The number of nitrogens with one attached hydrogen (secondary N) is 2. The first-order chi connectivity index (χ1) is 12.1. The fourth-order valence-corrected chi connectivity index (χ4v) is 2.87. The molecule has 0 aliphatic heterocycles. The first-order valence-corrected chi connectivity index (χ1v) is 7.61. The van der Waals surface area contributed by atoms with Crippen molar-refractivity contribution in [3.05, 3.63) is 59.7 Å². The van der Waals surface area contributed by atoms with Crippen molar-refractivity contribution in [1.29, 1.82) is 0 Å². The highest BCUT2D eigenvalue weighted by atomic mass is 16.6. The topological polar surface area (TPSA) is 106 Å². The summed E-state index contributed by atoms with van der Waals surface area (Å²) in [5.41, 5.74) is 8.68. The van der Waals surface area contributed by atoms with Crippen molar-refractivity contribution >= 4 is 12.2 Å². The maximum absolute atomic E-state index is 11.9. The summed E-state index contributed by atoms with van der Waals surface area (Å²) in [6, 6.07) is 16.0. The number of benzene rings is 2. The third-order valence-electron chi connectivity index (χ3n) is 4.00. The van der Waals surface area contributed by atoms with Gasteiger partial charge in [0.05, 0.1) is 7.11 Å². The molecule has 130 valence electrons. The zero-order chi connectivity index (χ0) is 17.8. The van der Waals surface area contributed by atoms with Crippen LogP contribution < -0.4 is 16.8 Å². The minimum absolute atomic E-state index is 0.0710. The lowest BCUT2D eigenvalue weighted by molar-refractivity contribution is 0.0685. The number of methoxy groups -OCH3 is 1. The Morgan fingerprint density at radius 3 is 2.20 bits per heavy atom. The van der Waals surface area contributed by atoms with E-state index < -0.39 is 12.2 Å². The van der Waals surface area contributed by atoms with Crippen LogP contribution in [-0.4, -0.2) is 31.0 Å². The highest BCUT2D eigenvalue weighted by Crippen LogP contribution is 2.44. The molecular weight excluding hydrogens is 324 g/mol. The van der Waals surface area contributed by atoms with Gasteiger partial charge in [-0.2, -0.15) is 5.12 Å². The molecule has 0 atom stereocenters. The number of ether oxygens (including phenoxy) is 2. The first kappa shape index (κ1) is 16.7. The lowest BCUT2D eigenvalue weighted by atomic mass is 9.98. The Labute approximate surface area is 144 Å². The van der Waals surface area contributed by atoms with Crippen molar-refractivity contribution < 1.29 is 19.1 Å². The zero-order valence-corrected chi connectivity index (χ0v) is 13.6. The largest absolute Gasteiger partial charge is 0.452 e. The Bertz CT molecular complexity index is 750. The highest BCUT2D eigenvalue weighted by molar-refractivity contribution is 5.79. The summed E-state index contributed by atoms with van der Waals surface area (Å²) >= 11 is 0. The third-order valence-corrected chi connectivity index (χ3v) is 4.00. The van der Waals surface area contributed by atoms with Crippen LogP contribution in [0, 0.1) is 0 Å². The maximum Gasteiger partial charge on any atom is 0.440 e. The van der Waals surface area contributed by atoms with Gasteiger partial charge in [-0.1, -0.05) is 48.5 Å². The third kappa shape index (κ3) is 3.39. The second kappa shape index (κ2) is 7.20. The number of hydrazine groups is 3. The normalized spacial score (nSPS) is 12.1. The minimum Gasteiger partial charge on any atom is -0.452 e. The van der Waals surface area contributed by atoms with Gasteiger partial charge in [0.1, 0.15) is 6.61 Å². The van der Waals surface area contributed by atoms with Crippen LogP contribution in [-0.2, 0) is 9.47 Å². The van der Waals surface area contributed by atoms with Gasteiger partial charge in [0.2, 0.25) is 0 Å². The molecule has 8 nitrogen and oxygen atoms in total. The van der Waals surface area contributed by atoms with Gasteiger partial charge < -0.3 is 9.47 Å². The summed E-state index contributed by atoms with van der Waals surface area (Å²) in [6.07, 6.45) is -1.62. The van der Waals surface area contributed by atoms with E-state index in [1.165, 1.54) is 7.11 Å². The SMILES string of the molecule is COC(=O)NNN(N)C(=O)OCC1c2ccccc2-c2ccccc21. The number of amides is 2. The average Bonchev–Trinajstić information content (AvgIpc) is 2.97. The van der Waals surface area contributed by atoms with Gasteiger partial charge in [-0.15, -0.1) is 5.53 Å². The standard InChI is InChI=1S/C17H18N4O4/c1-24-16(22)19-20-21(18)17(23)25-10-15-13-8-4-2-6-11(13)12-7-3-5-9-14(12)15/h2-9,15,20H,10,18H2,1H3,(H,19,22). The van der Waals surface area contributed by atoms with E-state index in [9.17, 15) is 9.59 Å². The lowest BCUT2D eigenvalue weighted by Crippen LogP contribution is -2.56. The van der Waals surface area contributed by atoms with E-state index in [0.29, 0.717) is 5.12 Å². The lowest BCUT2D eigenvalue weighted by Gasteiger charge is -2.19. The van der Waals surface area contributed by atoms with Crippen molar-refractivity contribution in [3.8, 4) is 11.1 Å². The predicted molar refractivity (Wildman–Crippen MR) is 89.8 cm³/mol. The fourth-order valence-electron chi connectivity index (χ4n) is 2.87. The van der Waals surface area contributed by atoms with Crippen molar-refractivity contribution in [2.75, 3.05) is 13.7 Å². The molecule has 0 unspecified atom stereocenters. The molecule has 2 amide bonds. The van der Waals surface area contributed by atoms with Crippen LogP contribution >= 0.6 is 0 Å². The maximum atomic E-state index is 11.9. The molecule has 25 heavy (non-hydrogen) atoms. The van der Waals surface area contributed by atoms with Gasteiger partial charge in [-0.25, -0.2) is 20.9 Å². The summed E-state index contributed by atoms with van der Waals surface area (Å²) in [6.45, 7) is 0.125. The van der Waals surface area contributed by atoms with E-state index in [2.05, 4.69) is 15.7 Å². The highest BCUT2D eigenvalue weighted by Gasteiger charge is 2.29. The molecular formula is C17H18N4O4. The Kier molecular flexibility index (Phi) is 4.82. The minimum atomic E-state index is -0.835. The van der Waals surface area contributed by atoms with Crippen LogP contribution in [0.25, 0.3) is 11.1 Å². The number of carbonyl (C=O) groups is 2. The van der Waals surface area contributed by atoms with Crippen LogP contribution in [0.1, 0.15) is 17.0 Å². The van der Waals surface area contributed by atoms with Gasteiger partial charge in [-0.3, -0.25) is 0 Å². The van der Waals surface area contributed by atoms with Gasteiger partial charge in [-0.05, 0) is 22.3 Å². The predicted octanol–water partition coefficient (Wildman–Crippen LogP) is 1.89. The molecule has 0 aromatic heterocycles. The molecule has 0 bridgehead atoms. The van der Waals surface area contributed by atoms with Gasteiger partial charge in [0.15, 0.2) is 0 Å². The molecule has 1 aliphatic rings. The summed E-state index contributed by atoms with van der Waals surface area (Å²) in [4.78, 5) is 22.9. The van der Waals surface area contributed by atoms with Crippen LogP contribution in [0.5, 0.6) is 0 Å². The summed E-state index contributed by atoms with van der Waals surface area (Å²) in [7, 11) is 1.19.